The van der Waals surface area contributed by atoms with Crippen molar-refractivity contribution in [2.24, 2.45) is 0 Å². The molecule has 1 aliphatic heterocycles. The van der Waals surface area contributed by atoms with Gasteiger partial charge < -0.3 is 10.2 Å². The zero-order valence-corrected chi connectivity index (χ0v) is 15.1. The molecular formula is C20H25FN4O. The van der Waals surface area contributed by atoms with Crippen LogP contribution >= 0.6 is 0 Å². The Hall–Kier alpha value is -2.50. The largest absolute Gasteiger partial charge is 0.352 e. The van der Waals surface area contributed by atoms with E-state index in [4.69, 9.17) is 0 Å². The fourth-order valence-electron chi connectivity index (χ4n) is 3.43. The van der Waals surface area contributed by atoms with Crippen LogP contribution in [0.15, 0.2) is 36.4 Å². The molecule has 0 spiro atoms. The van der Waals surface area contributed by atoms with Crippen LogP contribution in [0, 0.1) is 5.82 Å². The summed E-state index contributed by atoms with van der Waals surface area (Å²) in [7, 11) is 0. The molecule has 0 aliphatic carbocycles. The third kappa shape index (κ3) is 4.36. The smallest absolute Gasteiger partial charge is 0.271 e. The predicted octanol–water partition coefficient (Wildman–Crippen LogP) is 3.36. The van der Waals surface area contributed by atoms with Gasteiger partial charge in [0.1, 0.15) is 5.82 Å². The molecule has 5 nitrogen and oxygen atoms in total. The maximum Gasteiger partial charge on any atom is 0.271 e. The van der Waals surface area contributed by atoms with Gasteiger partial charge in [-0.05, 0) is 55.9 Å². The topological polar surface area (TPSA) is 58.1 Å². The number of carbonyl (C=O) groups is 1. The Balaban J connectivity index is 1.56. The molecule has 138 valence electrons. The summed E-state index contributed by atoms with van der Waals surface area (Å²) in [5.74, 6) is 0.295. The lowest BCUT2D eigenvalue weighted by molar-refractivity contribution is 0.0948. The van der Waals surface area contributed by atoms with Crippen LogP contribution in [-0.4, -0.2) is 35.2 Å². The zero-order valence-electron chi connectivity index (χ0n) is 15.1. The van der Waals surface area contributed by atoms with Gasteiger partial charge in [0.15, 0.2) is 11.5 Å². The van der Waals surface area contributed by atoms with Gasteiger partial charge in [0.05, 0.1) is 0 Å². The minimum absolute atomic E-state index is 0.252. The molecule has 1 aromatic heterocycles. The zero-order chi connectivity index (χ0) is 18.4. The number of carbonyl (C=O) groups excluding carboxylic acids is 1. The van der Waals surface area contributed by atoms with Crippen molar-refractivity contribution in [3.05, 3.63) is 53.5 Å². The summed E-state index contributed by atoms with van der Waals surface area (Å²) in [5, 5.41) is 11.1. The van der Waals surface area contributed by atoms with E-state index in [1.165, 1.54) is 18.9 Å². The van der Waals surface area contributed by atoms with E-state index in [0.717, 1.165) is 25.2 Å². The maximum absolute atomic E-state index is 13.6. The van der Waals surface area contributed by atoms with Crippen molar-refractivity contribution in [3.8, 4) is 0 Å². The highest BCUT2D eigenvalue weighted by Gasteiger charge is 2.22. The number of halogens is 1. The van der Waals surface area contributed by atoms with Gasteiger partial charge in [0.25, 0.3) is 5.91 Å². The highest BCUT2D eigenvalue weighted by Crippen LogP contribution is 2.24. The molecule has 1 N–H and O–H groups in total. The standard InChI is InChI=1S/C20H25FN4O/c1-2-16-8-5-6-14-25(16)19-11-10-18(23-24-19)20(26)22-13-12-15-7-3-4-9-17(15)21/h3-4,7,9-11,16H,2,5-6,8,12-14H2,1H3,(H,22,26). The quantitative estimate of drug-likeness (QED) is 0.862. The molecule has 1 aromatic carbocycles. The highest BCUT2D eigenvalue weighted by atomic mass is 19.1. The average molecular weight is 356 g/mol. The summed E-state index contributed by atoms with van der Waals surface area (Å²) >= 11 is 0. The first-order chi connectivity index (χ1) is 12.7. The lowest BCUT2D eigenvalue weighted by atomic mass is 10.0. The minimum atomic E-state index is -0.286. The van der Waals surface area contributed by atoms with Crippen molar-refractivity contribution in [1.82, 2.24) is 15.5 Å². The van der Waals surface area contributed by atoms with Gasteiger partial charge in [-0.3, -0.25) is 4.79 Å². The van der Waals surface area contributed by atoms with Crippen molar-refractivity contribution in [2.45, 2.75) is 45.1 Å². The molecule has 0 radical (unpaired) electrons. The lowest BCUT2D eigenvalue weighted by Crippen LogP contribution is -2.39. The number of hydrogen-bond acceptors (Lipinski definition) is 4. The molecule has 0 bridgehead atoms. The molecule has 1 saturated heterocycles. The van der Waals surface area contributed by atoms with Crippen LogP contribution in [0.2, 0.25) is 0 Å². The van der Waals surface area contributed by atoms with E-state index in [0.29, 0.717) is 24.6 Å². The Morgan fingerprint density at radius 3 is 2.81 bits per heavy atom. The molecule has 26 heavy (non-hydrogen) atoms. The van der Waals surface area contributed by atoms with Gasteiger partial charge in [-0.2, -0.15) is 0 Å². The second-order valence-corrected chi connectivity index (χ2v) is 6.63. The second-order valence-electron chi connectivity index (χ2n) is 6.63. The first kappa shape index (κ1) is 18.3. The van der Waals surface area contributed by atoms with Crippen LogP contribution in [0.25, 0.3) is 0 Å². The Bertz CT molecular complexity index is 735. The Kier molecular flexibility index (Phi) is 6.15. The molecule has 1 amide bonds. The number of rotatable bonds is 6. The summed E-state index contributed by atoms with van der Waals surface area (Å²) < 4.78 is 13.6. The first-order valence-electron chi connectivity index (χ1n) is 9.31. The monoisotopic (exact) mass is 356 g/mol. The Morgan fingerprint density at radius 1 is 1.23 bits per heavy atom. The van der Waals surface area contributed by atoms with Gasteiger partial charge >= 0.3 is 0 Å². The van der Waals surface area contributed by atoms with E-state index in [1.54, 1.807) is 24.3 Å². The molecular weight excluding hydrogens is 331 g/mol. The van der Waals surface area contributed by atoms with E-state index in [2.05, 4.69) is 27.3 Å². The van der Waals surface area contributed by atoms with Gasteiger partial charge in [0, 0.05) is 19.1 Å². The van der Waals surface area contributed by atoms with Crippen LogP contribution in [0.4, 0.5) is 10.2 Å². The van der Waals surface area contributed by atoms with Crippen molar-refractivity contribution in [2.75, 3.05) is 18.0 Å². The van der Waals surface area contributed by atoms with E-state index in [-0.39, 0.29) is 17.4 Å². The van der Waals surface area contributed by atoms with E-state index in [1.807, 2.05) is 6.07 Å². The van der Waals surface area contributed by atoms with Gasteiger partial charge in [-0.1, -0.05) is 25.1 Å². The number of benzene rings is 1. The molecule has 1 atom stereocenters. The Labute approximate surface area is 153 Å². The third-order valence-electron chi connectivity index (χ3n) is 4.91. The van der Waals surface area contributed by atoms with Gasteiger partial charge in [-0.15, -0.1) is 10.2 Å². The molecule has 2 heterocycles. The van der Waals surface area contributed by atoms with Gasteiger partial charge in [0.2, 0.25) is 0 Å². The van der Waals surface area contributed by atoms with Crippen LogP contribution in [0.5, 0.6) is 0 Å². The summed E-state index contributed by atoms with van der Waals surface area (Å²) in [4.78, 5) is 14.5. The maximum atomic E-state index is 13.6. The first-order valence-corrected chi connectivity index (χ1v) is 9.31. The van der Waals surface area contributed by atoms with E-state index >= 15 is 0 Å². The minimum Gasteiger partial charge on any atom is -0.352 e. The summed E-state index contributed by atoms with van der Waals surface area (Å²) in [6, 6.07) is 10.7. The van der Waals surface area contributed by atoms with E-state index in [9.17, 15) is 9.18 Å². The van der Waals surface area contributed by atoms with E-state index < -0.39 is 0 Å². The molecule has 1 aliphatic rings. The second kappa shape index (κ2) is 8.74. The Morgan fingerprint density at radius 2 is 2.08 bits per heavy atom. The molecule has 1 unspecified atom stereocenters. The number of hydrogen-bond donors (Lipinski definition) is 1. The number of nitrogens with zero attached hydrogens (tertiary/aromatic N) is 3. The molecule has 0 saturated carbocycles. The fraction of sp³-hybridized carbons (Fsp3) is 0.450. The summed E-state index contributed by atoms with van der Waals surface area (Å²) in [6.07, 6.45) is 5.12. The number of aromatic nitrogens is 2. The van der Waals surface area contributed by atoms with Gasteiger partial charge in [-0.25, -0.2) is 4.39 Å². The average Bonchev–Trinajstić information content (AvgIpc) is 2.69. The normalized spacial score (nSPS) is 17.2. The number of anilines is 1. The summed E-state index contributed by atoms with van der Waals surface area (Å²) in [5.41, 5.74) is 0.872. The van der Waals surface area contributed by atoms with Crippen LogP contribution in [0.3, 0.4) is 0 Å². The van der Waals surface area contributed by atoms with Crippen molar-refractivity contribution < 1.29 is 9.18 Å². The van der Waals surface area contributed by atoms with Crippen LogP contribution in [0.1, 0.15) is 48.7 Å². The SMILES string of the molecule is CCC1CCCCN1c1ccc(C(=O)NCCc2ccccc2F)nn1. The van der Waals surface area contributed by atoms with Crippen molar-refractivity contribution >= 4 is 11.7 Å². The fourth-order valence-corrected chi connectivity index (χ4v) is 3.43. The lowest BCUT2D eigenvalue weighted by Gasteiger charge is -2.35. The third-order valence-corrected chi connectivity index (χ3v) is 4.91. The summed E-state index contributed by atoms with van der Waals surface area (Å²) in [6.45, 7) is 3.53. The van der Waals surface area contributed by atoms with Crippen LogP contribution in [-0.2, 0) is 6.42 Å². The molecule has 2 aromatic rings. The highest BCUT2D eigenvalue weighted by molar-refractivity contribution is 5.92. The molecule has 6 heteroatoms. The van der Waals surface area contributed by atoms with Crippen molar-refractivity contribution in [1.29, 1.82) is 0 Å². The number of piperidine rings is 1. The van der Waals surface area contributed by atoms with Crippen LogP contribution < -0.4 is 10.2 Å². The van der Waals surface area contributed by atoms with Crippen molar-refractivity contribution in [3.63, 3.8) is 0 Å². The molecule has 3 rings (SSSR count). The number of amides is 1. The predicted molar refractivity (Wildman–Crippen MR) is 99.7 cm³/mol. The molecule has 1 fully saturated rings. The number of nitrogens with one attached hydrogen (secondary N) is 1.